The van der Waals surface area contributed by atoms with Crippen molar-refractivity contribution in [1.82, 2.24) is 4.98 Å². The lowest BCUT2D eigenvalue weighted by Crippen LogP contribution is -2.25. The molecule has 0 fully saturated rings. The molecule has 3 aromatic rings. The molecule has 0 aliphatic rings. The Morgan fingerprint density at radius 3 is 2.14 bits per heavy atom. The topological polar surface area (TPSA) is 130 Å². The Morgan fingerprint density at radius 2 is 1.61 bits per heavy atom. The minimum Gasteiger partial charge on any atom is -0.543 e. The Balaban J connectivity index is 2.14. The highest BCUT2D eigenvalue weighted by Crippen LogP contribution is 2.37. The van der Waals surface area contributed by atoms with Gasteiger partial charge in [-0.3, -0.25) is 4.72 Å². The number of sulfonamides is 1. The van der Waals surface area contributed by atoms with Crippen LogP contribution in [0, 0.1) is 0 Å². The Hall–Kier alpha value is -3.40. The fourth-order valence-corrected chi connectivity index (χ4v) is 3.82. The normalized spacial score (nSPS) is 11.2. The van der Waals surface area contributed by atoms with Crippen LogP contribution < -0.4 is 24.0 Å². The van der Waals surface area contributed by atoms with E-state index in [9.17, 15) is 18.3 Å². The number of aromatic nitrogens is 1. The molecule has 0 bridgehead atoms. The van der Waals surface area contributed by atoms with Crippen LogP contribution in [0.4, 0.5) is 5.69 Å². The summed E-state index contributed by atoms with van der Waals surface area (Å²) >= 11 is 0. The van der Waals surface area contributed by atoms with Gasteiger partial charge in [-0.15, -0.1) is 0 Å². The quantitative estimate of drug-likeness (QED) is 0.607. The molecule has 9 nitrogen and oxygen atoms in total. The number of hydrogen-bond acceptors (Lipinski definition) is 7. The molecular weight excluding hydrogens is 388 g/mol. The van der Waals surface area contributed by atoms with Gasteiger partial charge in [-0.2, -0.15) is 0 Å². The second kappa shape index (κ2) is 7.31. The van der Waals surface area contributed by atoms with Crippen molar-refractivity contribution < 1.29 is 32.5 Å². The number of fused-ring (bicyclic) bond motifs is 1. The summed E-state index contributed by atoms with van der Waals surface area (Å²) < 4.78 is 43.3. The van der Waals surface area contributed by atoms with Crippen molar-refractivity contribution in [2.24, 2.45) is 0 Å². The van der Waals surface area contributed by atoms with Crippen LogP contribution in [0.5, 0.6) is 17.2 Å². The number of carboxylic acid groups (broad SMARTS) is 1. The Morgan fingerprint density at radius 1 is 1.00 bits per heavy atom. The third-order valence-corrected chi connectivity index (χ3v) is 5.48. The number of carbonyl (C=O) groups excluding carboxylic acids is 1. The van der Waals surface area contributed by atoms with Crippen molar-refractivity contribution in [3.8, 4) is 17.2 Å². The van der Waals surface area contributed by atoms with Gasteiger partial charge < -0.3 is 29.1 Å². The lowest BCUT2D eigenvalue weighted by Gasteiger charge is -2.11. The number of aromatic amines is 1. The molecule has 0 spiro atoms. The van der Waals surface area contributed by atoms with E-state index in [1.165, 1.54) is 57.7 Å². The third kappa shape index (κ3) is 3.41. The average Bonchev–Trinajstić information content (AvgIpc) is 3.03. The largest absolute Gasteiger partial charge is 0.543 e. The van der Waals surface area contributed by atoms with Crippen molar-refractivity contribution in [3.05, 3.63) is 42.1 Å². The highest BCUT2D eigenvalue weighted by atomic mass is 32.2. The Bertz CT molecular complexity index is 1130. The molecule has 28 heavy (non-hydrogen) atoms. The second-order valence-corrected chi connectivity index (χ2v) is 7.38. The summed E-state index contributed by atoms with van der Waals surface area (Å²) in [7, 11) is 0.224. The zero-order chi connectivity index (χ0) is 20.5. The van der Waals surface area contributed by atoms with Gasteiger partial charge in [0.25, 0.3) is 10.0 Å². The maximum atomic E-state index is 12.8. The predicted molar refractivity (Wildman–Crippen MR) is 99.5 cm³/mol. The molecular formula is C18H17N2O7S-. The number of ether oxygens (including phenoxy) is 3. The molecule has 10 heteroatoms. The smallest absolute Gasteiger partial charge is 0.261 e. The number of rotatable bonds is 7. The van der Waals surface area contributed by atoms with Gasteiger partial charge in [-0.1, -0.05) is 0 Å². The van der Waals surface area contributed by atoms with E-state index in [-0.39, 0.29) is 16.0 Å². The number of anilines is 1. The number of H-pyrrole nitrogens is 1. The summed E-state index contributed by atoms with van der Waals surface area (Å²) in [6, 6.07) is 8.64. The van der Waals surface area contributed by atoms with Gasteiger partial charge in [0.1, 0.15) is 5.75 Å². The molecule has 1 heterocycles. The number of carboxylic acids is 1. The van der Waals surface area contributed by atoms with Gasteiger partial charge in [0, 0.05) is 11.5 Å². The molecule has 0 radical (unpaired) electrons. The van der Waals surface area contributed by atoms with Crippen LogP contribution in [-0.4, -0.2) is 40.7 Å². The number of benzene rings is 2. The summed E-state index contributed by atoms with van der Waals surface area (Å²) in [6.07, 6.45) is 0. The average molecular weight is 405 g/mol. The number of aromatic carboxylic acids is 1. The van der Waals surface area contributed by atoms with Crippen molar-refractivity contribution in [1.29, 1.82) is 0 Å². The number of nitrogens with one attached hydrogen (secondary N) is 2. The lowest BCUT2D eigenvalue weighted by molar-refractivity contribution is -0.255. The molecule has 0 aliphatic carbocycles. The van der Waals surface area contributed by atoms with Crippen LogP contribution in [0.25, 0.3) is 10.9 Å². The van der Waals surface area contributed by atoms with Gasteiger partial charge in [-0.05, 0) is 30.3 Å². The predicted octanol–water partition coefficient (Wildman–Crippen LogP) is 1.36. The highest BCUT2D eigenvalue weighted by Gasteiger charge is 2.22. The van der Waals surface area contributed by atoms with Gasteiger partial charge in [-0.25, -0.2) is 8.42 Å². The molecule has 0 unspecified atom stereocenters. The minimum absolute atomic E-state index is 0.0626. The van der Waals surface area contributed by atoms with Crippen molar-refractivity contribution in [3.63, 3.8) is 0 Å². The summed E-state index contributed by atoms with van der Waals surface area (Å²) in [4.78, 5) is 14.1. The second-order valence-electron chi connectivity index (χ2n) is 5.70. The number of carbonyl (C=O) groups is 1. The van der Waals surface area contributed by atoms with Gasteiger partial charge in [0.05, 0.1) is 49.1 Å². The fourth-order valence-electron chi connectivity index (χ4n) is 2.73. The summed E-state index contributed by atoms with van der Waals surface area (Å²) in [5.41, 5.74) is -0.238. The SMILES string of the molecule is COc1ccc(S(=O)(=O)Nc2c(C(=O)[O-])[nH]c3cc(OC)c(OC)cc23)cc1. The van der Waals surface area contributed by atoms with Crippen LogP contribution in [0.1, 0.15) is 10.5 Å². The first kappa shape index (κ1) is 19.4. The van der Waals surface area contributed by atoms with Gasteiger partial charge in [0.2, 0.25) is 0 Å². The van der Waals surface area contributed by atoms with E-state index in [2.05, 4.69) is 9.71 Å². The third-order valence-electron chi connectivity index (χ3n) is 4.11. The van der Waals surface area contributed by atoms with E-state index < -0.39 is 21.7 Å². The van der Waals surface area contributed by atoms with Crippen molar-refractivity contribution in [2.75, 3.05) is 26.1 Å². The molecule has 0 amide bonds. The minimum atomic E-state index is -4.08. The Kier molecular flexibility index (Phi) is 5.06. The molecule has 0 atom stereocenters. The molecule has 0 saturated heterocycles. The lowest BCUT2D eigenvalue weighted by atomic mass is 10.2. The van der Waals surface area contributed by atoms with Crippen LogP contribution in [0.3, 0.4) is 0 Å². The molecule has 0 saturated carbocycles. The standard InChI is InChI=1S/C18H18N2O7S/c1-25-10-4-6-11(7-5-10)28(23,24)20-16-12-8-14(26-2)15(27-3)9-13(12)19-17(16)18(21)22/h4-9,19-20H,1-3H3,(H,21,22)/p-1. The summed E-state index contributed by atoms with van der Waals surface area (Å²) in [6.45, 7) is 0. The number of hydrogen-bond donors (Lipinski definition) is 2. The summed E-state index contributed by atoms with van der Waals surface area (Å²) in [5.74, 6) is -0.422. The van der Waals surface area contributed by atoms with Crippen molar-refractivity contribution in [2.45, 2.75) is 4.90 Å². The van der Waals surface area contributed by atoms with E-state index in [4.69, 9.17) is 14.2 Å². The number of methoxy groups -OCH3 is 3. The summed E-state index contributed by atoms with van der Waals surface area (Å²) in [5, 5.41) is 11.8. The zero-order valence-corrected chi connectivity index (χ0v) is 16.0. The van der Waals surface area contributed by atoms with E-state index in [1.54, 1.807) is 0 Å². The monoisotopic (exact) mass is 405 g/mol. The fraction of sp³-hybridized carbons (Fsp3) is 0.167. The van der Waals surface area contributed by atoms with E-state index >= 15 is 0 Å². The van der Waals surface area contributed by atoms with E-state index in [0.29, 0.717) is 22.8 Å². The zero-order valence-electron chi connectivity index (χ0n) is 15.2. The van der Waals surface area contributed by atoms with Gasteiger partial charge >= 0.3 is 0 Å². The van der Waals surface area contributed by atoms with Crippen LogP contribution in [0.15, 0.2) is 41.3 Å². The Labute approximate surface area is 160 Å². The molecule has 0 aliphatic heterocycles. The molecule has 2 N–H and O–H groups in total. The maximum Gasteiger partial charge on any atom is 0.261 e. The molecule has 1 aromatic heterocycles. The van der Waals surface area contributed by atoms with Crippen LogP contribution in [-0.2, 0) is 10.0 Å². The van der Waals surface area contributed by atoms with Crippen LogP contribution >= 0.6 is 0 Å². The molecule has 148 valence electrons. The van der Waals surface area contributed by atoms with Crippen LogP contribution in [0.2, 0.25) is 0 Å². The molecule has 2 aromatic carbocycles. The van der Waals surface area contributed by atoms with E-state index in [0.717, 1.165) is 0 Å². The highest BCUT2D eigenvalue weighted by molar-refractivity contribution is 7.92. The first-order chi connectivity index (χ1) is 13.3. The first-order valence-corrected chi connectivity index (χ1v) is 9.45. The van der Waals surface area contributed by atoms with Crippen molar-refractivity contribution >= 4 is 32.6 Å². The molecule has 3 rings (SSSR count). The maximum absolute atomic E-state index is 12.8. The van der Waals surface area contributed by atoms with Gasteiger partial charge in [0.15, 0.2) is 11.5 Å². The van der Waals surface area contributed by atoms with E-state index in [1.807, 2.05) is 0 Å². The first-order valence-electron chi connectivity index (χ1n) is 7.96.